The zero-order valence-corrected chi connectivity index (χ0v) is 14.4. The Kier molecular flexibility index (Phi) is 4.18. The molecular formula is C21H21N3O. The van der Waals surface area contributed by atoms with Crippen molar-refractivity contribution in [1.29, 1.82) is 0 Å². The molecular weight excluding hydrogens is 310 g/mol. The fraction of sp³-hybridized carbons (Fsp3) is 0.286. The Hall–Kier alpha value is -2.75. The quantitative estimate of drug-likeness (QED) is 0.738. The summed E-state index contributed by atoms with van der Waals surface area (Å²) in [5.74, 6) is 1.30. The van der Waals surface area contributed by atoms with Crippen molar-refractivity contribution in [2.45, 2.75) is 25.7 Å². The highest BCUT2D eigenvalue weighted by atomic mass is 16.2. The molecule has 1 amide bonds. The molecule has 4 nitrogen and oxygen atoms in total. The van der Waals surface area contributed by atoms with Gasteiger partial charge in [-0.2, -0.15) is 0 Å². The van der Waals surface area contributed by atoms with Crippen molar-refractivity contribution in [3.05, 3.63) is 71.8 Å². The number of nitrogens with zero attached hydrogens (tertiary/aromatic N) is 3. The summed E-state index contributed by atoms with van der Waals surface area (Å²) < 4.78 is 0. The molecule has 2 aromatic carbocycles. The third-order valence-electron chi connectivity index (χ3n) is 4.89. The van der Waals surface area contributed by atoms with Crippen LogP contribution in [0, 0.1) is 6.92 Å². The van der Waals surface area contributed by atoms with Gasteiger partial charge in [-0.25, -0.2) is 9.97 Å². The van der Waals surface area contributed by atoms with Crippen LogP contribution in [0.25, 0.3) is 10.8 Å². The van der Waals surface area contributed by atoms with Gasteiger partial charge in [0.05, 0.1) is 6.42 Å². The van der Waals surface area contributed by atoms with Gasteiger partial charge in [-0.15, -0.1) is 0 Å². The van der Waals surface area contributed by atoms with E-state index in [1.165, 1.54) is 10.8 Å². The lowest BCUT2D eigenvalue weighted by Crippen LogP contribution is -2.30. The van der Waals surface area contributed by atoms with E-state index in [1.54, 1.807) is 6.20 Å². The Bertz CT molecular complexity index is 922. The molecule has 25 heavy (non-hydrogen) atoms. The third kappa shape index (κ3) is 3.38. The molecule has 1 fully saturated rings. The van der Waals surface area contributed by atoms with E-state index in [0.29, 0.717) is 6.42 Å². The predicted octanol–water partition coefficient (Wildman–Crippen LogP) is 3.50. The summed E-state index contributed by atoms with van der Waals surface area (Å²) in [5, 5.41) is 2.39. The van der Waals surface area contributed by atoms with E-state index in [0.717, 1.165) is 36.6 Å². The van der Waals surface area contributed by atoms with Crippen LogP contribution in [-0.2, 0) is 11.2 Å². The summed E-state index contributed by atoms with van der Waals surface area (Å²) in [6, 6.07) is 16.4. The number of hydrogen-bond acceptors (Lipinski definition) is 3. The lowest BCUT2D eigenvalue weighted by molar-refractivity contribution is -0.129. The second kappa shape index (κ2) is 6.63. The Morgan fingerprint density at radius 1 is 1.16 bits per heavy atom. The summed E-state index contributed by atoms with van der Waals surface area (Å²) >= 11 is 0. The van der Waals surface area contributed by atoms with E-state index in [-0.39, 0.29) is 11.8 Å². The first-order valence-electron chi connectivity index (χ1n) is 8.74. The van der Waals surface area contributed by atoms with Gasteiger partial charge in [0.15, 0.2) is 0 Å². The molecule has 1 aliphatic heterocycles. The number of carbonyl (C=O) groups is 1. The number of aryl methyl sites for hydroxylation is 1. The van der Waals surface area contributed by atoms with Crippen LogP contribution in [-0.4, -0.2) is 33.9 Å². The second-order valence-electron chi connectivity index (χ2n) is 6.74. The van der Waals surface area contributed by atoms with Crippen molar-refractivity contribution >= 4 is 16.7 Å². The van der Waals surface area contributed by atoms with Crippen molar-refractivity contribution in [2.24, 2.45) is 0 Å². The maximum atomic E-state index is 12.7. The zero-order valence-electron chi connectivity index (χ0n) is 14.4. The van der Waals surface area contributed by atoms with Gasteiger partial charge < -0.3 is 4.90 Å². The molecule has 0 unspecified atom stereocenters. The van der Waals surface area contributed by atoms with Crippen LogP contribution in [0.3, 0.4) is 0 Å². The molecule has 0 spiro atoms. The molecule has 3 aromatic rings. The summed E-state index contributed by atoms with van der Waals surface area (Å²) in [4.78, 5) is 23.5. The fourth-order valence-electron chi connectivity index (χ4n) is 3.50. The van der Waals surface area contributed by atoms with Gasteiger partial charge in [0.25, 0.3) is 0 Å². The average molecular weight is 331 g/mol. The van der Waals surface area contributed by atoms with E-state index in [1.807, 2.05) is 30.0 Å². The fourth-order valence-corrected chi connectivity index (χ4v) is 3.50. The van der Waals surface area contributed by atoms with Crippen molar-refractivity contribution < 1.29 is 4.79 Å². The van der Waals surface area contributed by atoms with Gasteiger partial charge in [0.2, 0.25) is 5.91 Å². The second-order valence-corrected chi connectivity index (χ2v) is 6.74. The zero-order chi connectivity index (χ0) is 17.2. The van der Waals surface area contributed by atoms with E-state index < -0.39 is 0 Å². The highest BCUT2D eigenvalue weighted by Gasteiger charge is 2.28. The SMILES string of the molecule is Cc1ccnc([C@@H]2CCN(C(=O)Cc3ccc4ccccc4c3)C2)n1. The number of hydrogen-bond donors (Lipinski definition) is 0. The Morgan fingerprint density at radius 2 is 2.00 bits per heavy atom. The number of rotatable bonds is 3. The van der Waals surface area contributed by atoms with E-state index in [4.69, 9.17) is 0 Å². The summed E-state index contributed by atoms with van der Waals surface area (Å²) in [6.07, 6.45) is 3.19. The molecule has 1 aromatic heterocycles. The van der Waals surface area contributed by atoms with Crippen LogP contribution in [0.4, 0.5) is 0 Å². The number of benzene rings is 2. The van der Waals surface area contributed by atoms with Crippen LogP contribution in [0.1, 0.15) is 29.4 Å². The lowest BCUT2D eigenvalue weighted by atomic mass is 10.0. The van der Waals surface area contributed by atoms with Gasteiger partial charge in [-0.05, 0) is 35.7 Å². The molecule has 4 rings (SSSR count). The number of carbonyl (C=O) groups excluding carboxylic acids is 1. The normalized spacial score (nSPS) is 17.2. The third-order valence-corrected chi connectivity index (χ3v) is 4.89. The van der Waals surface area contributed by atoms with E-state index in [2.05, 4.69) is 40.3 Å². The minimum Gasteiger partial charge on any atom is -0.342 e. The smallest absolute Gasteiger partial charge is 0.227 e. The van der Waals surface area contributed by atoms with Crippen molar-refractivity contribution in [1.82, 2.24) is 14.9 Å². The number of aromatic nitrogens is 2. The van der Waals surface area contributed by atoms with E-state index in [9.17, 15) is 4.79 Å². The van der Waals surface area contributed by atoms with Gasteiger partial charge in [0, 0.05) is 30.9 Å². The number of fused-ring (bicyclic) bond motifs is 1. The molecule has 1 aliphatic rings. The largest absolute Gasteiger partial charge is 0.342 e. The first-order chi connectivity index (χ1) is 12.2. The van der Waals surface area contributed by atoms with Gasteiger partial charge in [-0.3, -0.25) is 4.79 Å². The summed E-state index contributed by atoms with van der Waals surface area (Å²) in [7, 11) is 0. The Morgan fingerprint density at radius 3 is 2.84 bits per heavy atom. The summed E-state index contributed by atoms with van der Waals surface area (Å²) in [5.41, 5.74) is 2.05. The molecule has 126 valence electrons. The topological polar surface area (TPSA) is 46.1 Å². The van der Waals surface area contributed by atoms with Crippen LogP contribution >= 0.6 is 0 Å². The van der Waals surface area contributed by atoms with Crippen LogP contribution < -0.4 is 0 Å². The van der Waals surface area contributed by atoms with Crippen LogP contribution in [0.15, 0.2) is 54.7 Å². The van der Waals surface area contributed by atoms with Crippen molar-refractivity contribution in [2.75, 3.05) is 13.1 Å². The van der Waals surface area contributed by atoms with E-state index >= 15 is 0 Å². The van der Waals surface area contributed by atoms with Crippen molar-refractivity contribution in [3.63, 3.8) is 0 Å². The molecule has 0 saturated carbocycles. The molecule has 0 N–H and O–H groups in total. The van der Waals surface area contributed by atoms with Crippen molar-refractivity contribution in [3.8, 4) is 0 Å². The Balaban J connectivity index is 1.44. The highest BCUT2D eigenvalue weighted by molar-refractivity contribution is 5.85. The van der Waals surface area contributed by atoms with Gasteiger partial charge in [0.1, 0.15) is 5.82 Å². The molecule has 2 heterocycles. The number of likely N-dealkylation sites (tertiary alicyclic amines) is 1. The predicted molar refractivity (Wildman–Crippen MR) is 98.4 cm³/mol. The maximum absolute atomic E-state index is 12.7. The molecule has 4 heteroatoms. The van der Waals surface area contributed by atoms with Crippen LogP contribution in [0.2, 0.25) is 0 Å². The van der Waals surface area contributed by atoms with Crippen LogP contribution in [0.5, 0.6) is 0 Å². The first kappa shape index (κ1) is 15.8. The molecule has 1 saturated heterocycles. The molecule has 0 aliphatic carbocycles. The summed E-state index contributed by atoms with van der Waals surface area (Å²) in [6.45, 7) is 3.48. The molecule has 1 atom stereocenters. The average Bonchev–Trinajstić information content (AvgIpc) is 3.12. The van der Waals surface area contributed by atoms with Gasteiger partial charge >= 0.3 is 0 Å². The molecule has 0 bridgehead atoms. The lowest BCUT2D eigenvalue weighted by Gasteiger charge is -2.16. The Labute approximate surface area is 147 Å². The monoisotopic (exact) mass is 331 g/mol. The minimum atomic E-state index is 0.186. The maximum Gasteiger partial charge on any atom is 0.227 e. The minimum absolute atomic E-state index is 0.186. The number of amides is 1. The highest BCUT2D eigenvalue weighted by Crippen LogP contribution is 2.25. The van der Waals surface area contributed by atoms with Gasteiger partial charge in [-0.1, -0.05) is 42.5 Å². The molecule has 0 radical (unpaired) electrons. The standard InChI is InChI=1S/C21H21N3O/c1-15-8-10-22-21(23-15)19-9-11-24(14-19)20(25)13-16-6-7-17-4-2-3-5-18(17)12-16/h2-8,10,12,19H,9,11,13-14H2,1H3/t19-/m1/s1. The first-order valence-corrected chi connectivity index (χ1v) is 8.74.